The van der Waals surface area contributed by atoms with Gasteiger partial charge in [-0.1, -0.05) is 12.1 Å². The highest BCUT2D eigenvalue weighted by molar-refractivity contribution is 5.76. The van der Waals surface area contributed by atoms with Gasteiger partial charge in [0.05, 0.1) is 14.2 Å². The Hall–Kier alpha value is -2.56. The van der Waals surface area contributed by atoms with Crippen molar-refractivity contribution >= 4 is 5.91 Å². The third-order valence-corrected chi connectivity index (χ3v) is 3.50. The van der Waals surface area contributed by atoms with Crippen LogP contribution in [-0.4, -0.2) is 20.1 Å². The molecule has 5 heteroatoms. The monoisotopic (exact) mass is 317 g/mol. The van der Waals surface area contributed by atoms with Crippen LogP contribution in [-0.2, 0) is 17.8 Å². The number of hydrogen-bond donors (Lipinski definition) is 1. The van der Waals surface area contributed by atoms with E-state index in [9.17, 15) is 9.18 Å². The maximum atomic E-state index is 13.1. The van der Waals surface area contributed by atoms with Crippen molar-refractivity contribution in [2.45, 2.75) is 19.4 Å². The highest BCUT2D eigenvalue weighted by Gasteiger charge is 2.08. The van der Waals surface area contributed by atoms with Crippen LogP contribution in [0.3, 0.4) is 0 Å². The summed E-state index contributed by atoms with van der Waals surface area (Å²) in [4.78, 5) is 11.9. The van der Waals surface area contributed by atoms with Crippen LogP contribution in [0.2, 0.25) is 0 Å². The van der Waals surface area contributed by atoms with Gasteiger partial charge in [-0.15, -0.1) is 0 Å². The molecule has 2 rings (SSSR count). The molecule has 4 nitrogen and oxygen atoms in total. The van der Waals surface area contributed by atoms with Crippen LogP contribution in [0.15, 0.2) is 42.5 Å². The Balaban J connectivity index is 1.87. The van der Waals surface area contributed by atoms with Gasteiger partial charge in [0.1, 0.15) is 17.3 Å². The molecular formula is C18H20FNO3. The summed E-state index contributed by atoms with van der Waals surface area (Å²) >= 11 is 0. The normalized spacial score (nSPS) is 10.2. The lowest BCUT2D eigenvalue weighted by Crippen LogP contribution is -2.23. The maximum Gasteiger partial charge on any atom is 0.220 e. The fourth-order valence-electron chi connectivity index (χ4n) is 2.23. The molecule has 1 N–H and O–H groups in total. The average molecular weight is 317 g/mol. The molecule has 0 aliphatic rings. The summed E-state index contributed by atoms with van der Waals surface area (Å²) in [5.41, 5.74) is 1.68. The zero-order valence-corrected chi connectivity index (χ0v) is 13.3. The Morgan fingerprint density at radius 1 is 1.13 bits per heavy atom. The summed E-state index contributed by atoms with van der Waals surface area (Å²) < 4.78 is 23.5. The van der Waals surface area contributed by atoms with Crippen molar-refractivity contribution in [3.8, 4) is 11.5 Å². The minimum Gasteiger partial charge on any atom is -0.497 e. The number of methoxy groups -OCH3 is 2. The number of carbonyl (C=O) groups excluding carboxylic acids is 1. The fourth-order valence-corrected chi connectivity index (χ4v) is 2.23. The highest BCUT2D eigenvalue weighted by atomic mass is 19.1. The van der Waals surface area contributed by atoms with Crippen LogP contribution >= 0.6 is 0 Å². The van der Waals surface area contributed by atoms with Crippen molar-refractivity contribution in [3.63, 3.8) is 0 Å². The molecule has 0 saturated heterocycles. The molecule has 0 aliphatic heterocycles. The molecule has 0 aliphatic carbocycles. The second kappa shape index (κ2) is 8.17. The van der Waals surface area contributed by atoms with Crippen molar-refractivity contribution in [1.29, 1.82) is 0 Å². The zero-order valence-electron chi connectivity index (χ0n) is 13.3. The third kappa shape index (κ3) is 4.98. The molecule has 0 unspecified atom stereocenters. The SMILES string of the molecule is COc1ccc(CNC(=O)CCc2cccc(F)c2)c(OC)c1. The summed E-state index contributed by atoms with van der Waals surface area (Å²) in [6, 6.07) is 11.7. The largest absolute Gasteiger partial charge is 0.497 e. The molecule has 2 aromatic rings. The molecule has 0 radical (unpaired) electrons. The van der Waals surface area contributed by atoms with Crippen molar-refractivity contribution in [2.24, 2.45) is 0 Å². The van der Waals surface area contributed by atoms with Gasteiger partial charge in [-0.05, 0) is 36.2 Å². The van der Waals surface area contributed by atoms with Crippen LogP contribution < -0.4 is 14.8 Å². The Kier molecular flexibility index (Phi) is 5.97. The lowest BCUT2D eigenvalue weighted by atomic mass is 10.1. The van der Waals surface area contributed by atoms with E-state index in [-0.39, 0.29) is 11.7 Å². The van der Waals surface area contributed by atoms with Crippen LogP contribution in [0.5, 0.6) is 11.5 Å². The Labute approximate surface area is 135 Å². The first-order valence-corrected chi connectivity index (χ1v) is 7.34. The fraction of sp³-hybridized carbons (Fsp3) is 0.278. The number of ether oxygens (including phenoxy) is 2. The minimum atomic E-state index is -0.286. The number of hydrogen-bond acceptors (Lipinski definition) is 3. The molecule has 0 saturated carbocycles. The topological polar surface area (TPSA) is 47.6 Å². The number of aryl methyl sites for hydroxylation is 1. The summed E-state index contributed by atoms with van der Waals surface area (Å²) in [7, 11) is 3.16. The van der Waals surface area contributed by atoms with Gasteiger partial charge in [0.25, 0.3) is 0 Å². The van der Waals surface area contributed by atoms with E-state index in [1.54, 1.807) is 26.4 Å². The van der Waals surface area contributed by atoms with E-state index in [0.717, 1.165) is 11.1 Å². The summed E-state index contributed by atoms with van der Waals surface area (Å²) in [6.45, 7) is 0.370. The summed E-state index contributed by atoms with van der Waals surface area (Å²) in [5, 5.41) is 2.84. The molecule has 122 valence electrons. The summed E-state index contributed by atoms with van der Waals surface area (Å²) in [6.07, 6.45) is 0.811. The number of halogens is 1. The van der Waals surface area contributed by atoms with Gasteiger partial charge in [0.2, 0.25) is 5.91 Å². The highest BCUT2D eigenvalue weighted by Crippen LogP contribution is 2.24. The Bertz CT molecular complexity index is 673. The van der Waals surface area contributed by atoms with Gasteiger partial charge < -0.3 is 14.8 Å². The predicted octanol–water partition coefficient (Wildman–Crippen LogP) is 3.09. The second-order valence-electron chi connectivity index (χ2n) is 5.08. The molecule has 0 spiro atoms. The molecule has 0 heterocycles. The van der Waals surface area contributed by atoms with Crippen molar-refractivity contribution < 1.29 is 18.7 Å². The average Bonchev–Trinajstić information content (AvgIpc) is 2.58. The lowest BCUT2D eigenvalue weighted by Gasteiger charge is -2.11. The van der Waals surface area contributed by atoms with Crippen molar-refractivity contribution in [1.82, 2.24) is 5.32 Å². The molecule has 23 heavy (non-hydrogen) atoms. The second-order valence-corrected chi connectivity index (χ2v) is 5.08. The number of carbonyl (C=O) groups is 1. The molecule has 0 atom stereocenters. The first kappa shape index (κ1) is 16.8. The first-order valence-electron chi connectivity index (χ1n) is 7.34. The first-order chi connectivity index (χ1) is 11.1. The van der Waals surface area contributed by atoms with Gasteiger partial charge in [0.15, 0.2) is 0 Å². The zero-order chi connectivity index (χ0) is 16.7. The Morgan fingerprint density at radius 2 is 1.96 bits per heavy atom. The van der Waals surface area contributed by atoms with Gasteiger partial charge in [-0.25, -0.2) is 4.39 Å². The Morgan fingerprint density at radius 3 is 2.65 bits per heavy atom. The van der Waals surface area contributed by atoms with Crippen molar-refractivity contribution in [2.75, 3.05) is 14.2 Å². The van der Waals surface area contributed by atoms with Gasteiger partial charge in [-0.3, -0.25) is 4.79 Å². The van der Waals surface area contributed by atoms with E-state index in [1.807, 2.05) is 18.2 Å². The van der Waals surface area contributed by atoms with E-state index in [0.29, 0.717) is 30.9 Å². The number of nitrogens with one attached hydrogen (secondary N) is 1. The van der Waals surface area contributed by atoms with Crippen LogP contribution in [0, 0.1) is 5.82 Å². The van der Waals surface area contributed by atoms with Crippen LogP contribution in [0.4, 0.5) is 4.39 Å². The molecule has 0 aromatic heterocycles. The van der Waals surface area contributed by atoms with E-state index >= 15 is 0 Å². The molecule has 0 fully saturated rings. The molecular weight excluding hydrogens is 297 g/mol. The van der Waals surface area contributed by atoms with Crippen LogP contribution in [0.1, 0.15) is 17.5 Å². The van der Waals surface area contributed by atoms with E-state index in [2.05, 4.69) is 5.32 Å². The van der Waals surface area contributed by atoms with E-state index < -0.39 is 0 Å². The number of benzene rings is 2. The summed E-state index contributed by atoms with van der Waals surface area (Å²) in [5.74, 6) is 0.982. The molecule has 0 bridgehead atoms. The molecule has 2 aromatic carbocycles. The third-order valence-electron chi connectivity index (χ3n) is 3.50. The van der Waals surface area contributed by atoms with Gasteiger partial charge in [-0.2, -0.15) is 0 Å². The van der Waals surface area contributed by atoms with E-state index in [4.69, 9.17) is 9.47 Å². The minimum absolute atomic E-state index is 0.0906. The smallest absolute Gasteiger partial charge is 0.220 e. The van der Waals surface area contributed by atoms with Crippen LogP contribution in [0.25, 0.3) is 0 Å². The standard InChI is InChI=1S/C18H20FNO3/c1-22-16-8-7-14(17(11-16)23-2)12-20-18(21)9-6-13-4-3-5-15(19)10-13/h3-5,7-8,10-11H,6,9,12H2,1-2H3,(H,20,21). The number of rotatable bonds is 7. The predicted molar refractivity (Wildman–Crippen MR) is 86.1 cm³/mol. The van der Waals surface area contributed by atoms with Crippen molar-refractivity contribution in [3.05, 3.63) is 59.4 Å². The maximum absolute atomic E-state index is 13.1. The quantitative estimate of drug-likeness (QED) is 0.853. The molecule has 1 amide bonds. The lowest BCUT2D eigenvalue weighted by molar-refractivity contribution is -0.121. The van der Waals surface area contributed by atoms with E-state index in [1.165, 1.54) is 12.1 Å². The van der Waals surface area contributed by atoms with Gasteiger partial charge in [0, 0.05) is 24.6 Å². The van der Waals surface area contributed by atoms with Gasteiger partial charge >= 0.3 is 0 Å². The number of amides is 1.